The molecule has 0 spiro atoms. The summed E-state index contributed by atoms with van der Waals surface area (Å²) in [6, 6.07) is 0. The van der Waals surface area contributed by atoms with Gasteiger partial charge in [-0.05, 0) is 32.6 Å². The van der Waals surface area contributed by atoms with E-state index in [1.54, 1.807) is 0 Å². The molecule has 1 aliphatic rings. The van der Waals surface area contributed by atoms with Gasteiger partial charge in [0.1, 0.15) is 6.10 Å². The third-order valence-corrected chi connectivity index (χ3v) is 3.79. The van der Waals surface area contributed by atoms with Crippen molar-refractivity contribution in [2.45, 2.75) is 58.1 Å². The molecule has 1 fully saturated rings. The first-order chi connectivity index (χ1) is 8.02. The second-order valence-electron chi connectivity index (χ2n) is 5.06. The topological polar surface area (TPSA) is 55.6 Å². The molecule has 4 nitrogen and oxygen atoms in total. The van der Waals surface area contributed by atoms with Gasteiger partial charge in [-0.1, -0.05) is 13.8 Å². The van der Waals surface area contributed by atoms with Crippen LogP contribution in [0.2, 0.25) is 0 Å². The van der Waals surface area contributed by atoms with Crippen molar-refractivity contribution in [3.63, 3.8) is 0 Å². The van der Waals surface area contributed by atoms with Gasteiger partial charge in [-0.25, -0.2) is 0 Å². The number of nitrogens with zero attached hydrogens (tertiary/aromatic N) is 1. The smallest absolute Gasteiger partial charge is 0.251 e. The second-order valence-corrected chi connectivity index (χ2v) is 5.06. The largest absolute Gasteiger partial charge is 0.367 e. The van der Waals surface area contributed by atoms with Crippen LogP contribution in [-0.2, 0) is 9.53 Å². The number of nitrogens with two attached hydrogens (primary N) is 1. The molecule has 2 N–H and O–H groups in total. The molecule has 0 aromatic heterocycles. The van der Waals surface area contributed by atoms with Crippen LogP contribution in [0.1, 0.15) is 46.5 Å². The Balaban J connectivity index is 2.38. The Kier molecular flexibility index (Phi) is 5.40. The summed E-state index contributed by atoms with van der Waals surface area (Å²) in [6.45, 7) is 8.15. The number of hydrogen-bond acceptors (Lipinski definition) is 3. The van der Waals surface area contributed by atoms with Crippen LogP contribution in [0.4, 0.5) is 0 Å². The summed E-state index contributed by atoms with van der Waals surface area (Å²) in [5, 5.41) is 0. The highest BCUT2D eigenvalue weighted by Gasteiger charge is 2.27. The van der Waals surface area contributed by atoms with Crippen molar-refractivity contribution >= 4 is 5.91 Å². The van der Waals surface area contributed by atoms with Crippen molar-refractivity contribution in [2.24, 2.45) is 5.73 Å². The van der Waals surface area contributed by atoms with Crippen molar-refractivity contribution in [1.29, 1.82) is 0 Å². The summed E-state index contributed by atoms with van der Waals surface area (Å²) >= 11 is 0. The molecule has 1 rings (SSSR count). The molecule has 1 amide bonds. The molecule has 17 heavy (non-hydrogen) atoms. The zero-order chi connectivity index (χ0) is 12.9. The molecule has 0 bridgehead atoms. The van der Waals surface area contributed by atoms with Crippen LogP contribution in [0.3, 0.4) is 0 Å². The van der Waals surface area contributed by atoms with Crippen molar-refractivity contribution in [3.05, 3.63) is 0 Å². The Morgan fingerprint density at radius 3 is 2.35 bits per heavy atom. The Labute approximate surface area is 104 Å². The maximum absolute atomic E-state index is 12.0. The van der Waals surface area contributed by atoms with Gasteiger partial charge in [0, 0.05) is 18.6 Å². The number of rotatable bonds is 6. The fraction of sp³-hybridized carbons (Fsp3) is 0.923. The molecule has 1 aliphatic heterocycles. The number of hydrogen-bond donors (Lipinski definition) is 1. The van der Waals surface area contributed by atoms with Gasteiger partial charge in [0.25, 0.3) is 5.91 Å². The molecule has 0 radical (unpaired) electrons. The second kappa shape index (κ2) is 6.36. The number of ether oxygens (including phenoxy) is 1. The van der Waals surface area contributed by atoms with Gasteiger partial charge >= 0.3 is 0 Å². The molecule has 1 atom stereocenters. The molecular weight excluding hydrogens is 216 g/mol. The average Bonchev–Trinajstić information content (AvgIpc) is 2.88. The van der Waals surface area contributed by atoms with Crippen LogP contribution < -0.4 is 5.73 Å². The molecule has 1 unspecified atom stereocenters. The lowest BCUT2D eigenvalue weighted by atomic mass is 9.95. The molecule has 0 aliphatic carbocycles. The lowest BCUT2D eigenvalue weighted by Crippen LogP contribution is -2.46. The van der Waals surface area contributed by atoms with E-state index in [9.17, 15) is 4.79 Å². The maximum atomic E-state index is 12.0. The molecule has 100 valence electrons. The average molecular weight is 242 g/mol. The summed E-state index contributed by atoms with van der Waals surface area (Å²) in [5.74, 6) is 0.108. The minimum Gasteiger partial charge on any atom is -0.367 e. The van der Waals surface area contributed by atoms with Crippen molar-refractivity contribution in [2.75, 3.05) is 19.7 Å². The lowest BCUT2D eigenvalue weighted by molar-refractivity contribution is -0.142. The van der Waals surface area contributed by atoms with E-state index in [0.717, 1.165) is 38.8 Å². The Morgan fingerprint density at radius 1 is 1.35 bits per heavy atom. The van der Waals surface area contributed by atoms with Crippen LogP contribution in [0, 0.1) is 0 Å². The van der Waals surface area contributed by atoms with Gasteiger partial charge in [0.05, 0.1) is 6.61 Å². The van der Waals surface area contributed by atoms with Crippen LogP contribution in [-0.4, -0.2) is 42.1 Å². The van der Waals surface area contributed by atoms with E-state index >= 15 is 0 Å². The Hall–Kier alpha value is -0.610. The molecule has 0 aromatic carbocycles. The van der Waals surface area contributed by atoms with E-state index in [-0.39, 0.29) is 17.6 Å². The van der Waals surface area contributed by atoms with E-state index in [1.165, 1.54) is 0 Å². The Bertz CT molecular complexity index is 246. The molecule has 1 heterocycles. The molecule has 1 saturated heterocycles. The third-order valence-electron chi connectivity index (χ3n) is 3.79. The zero-order valence-electron chi connectivity index (χ0n) is 11.4. The minimum absolute atomic E-state index is 0.108. The van der Waals surface area contributed by atoms with E-state index < -0.39 is 0 Å². The fourth-order valence-corrected chi connectivity index (χ4v) is 2.01. The van der Waals surface area contributed by atoms with Crippen LogP contribution >= 0.6 is 0 Å². The zero-order valence-corrected chi connectivity index (χ0v) is 11.4. The number of carbonyl (C=O) groups excluding carboxylic acids is 1. The lowest BCUT2D eigenvalue weighted by Gasteiger charge is -2.29. The fourth-order valence-electron chi connectivity index (χ4n) is 2.01. The summed E-state index contributed by atoms with van der Waals surface area (Å²) in [5.41, 5.74) is 5.86. The minimum atomic E-state index is -0.367. The quantitative estimate of drug-likeness (QED) is 0.768. The standard InChI is InChI=1S/C13H26N2O2/c1-4-13(14,5-2)10-17-11(3)12(16)15-8-6-7-9-15/h11H,4-10,14H2,1-3H3. The third kappa shape index (κ3) is 3.96. The number of amides is 1. The van der Waals surface area contributed by atoms with E-state index in [2.05, 4.69) is 13.8 Å². The van der Waals surface area contributed by atoms with Crippen molar-refractivity contribution < 1.29 is 9.53 Å². The molecule has 0 saturated carbocycles. The summed E-state index contributed by atoms with van der Waals surface area (Å²) in [4.78, 5) is 13.9. The van der Waals surface area contributed by atoms with E-state index in [4.69, 9.17) is 10.5 Å². The summed E-state index contributed by atoms with van der Waals surface area (Å²) in [7, 11) is 0. The predicted octanol–water partition coefficient (Wildman–Crippen LogP) is 1.53. The van der Waals surface area contributed by atoms with Crippen molar-refractivity contribution in [1.82, 2.24) is 4.90 Å². The first-order valence-corrected chi connectivity index (χ1v) is 6.71. The number of carbonyl (C=O) groups is 1. The monoisotopic (exact) mass is 242 g/mol. The first-order valence-electron chi connectivity index (χ1n) is 6.71. The highest BCUT2D eigenvalue weighted by Crippen LogP contribution is 2.15. The van der Waals surface area contributed by atoms with Gasteiger partial charge < -0.3 is 15.4 Å². The predicted molar refractivity (Wildman–Crippen MR) is 68.7 cm³/mol. The highest BCUT2D eigenvalue weighted by molar-refractivity contribution is 5.80. The van der Waals surface area contributed by atoms with Gasteiger partial charge in [-0.2, -0.15) is 0 Å². The molecule has 4 heteroatoms. The highest BCUT2D eigenvalue weighted by atomic mass is 16.5. The Morgan fingerprint density at radius 2 is 1.88 bits per heavy atom. The summed E-state index contributed by atoms with van der Waals surface area (Å²) < 4.78 is 5.65. The van der Waals surface area contributed by atoms with Gasteiger partial charge in [0.2, 0.25) is 0 Å². The van der Waals surface area contributed by atoms with Gasteiger partial charge in [-0.3, -0.25) is 4.79 Å². The molecular formula is C13H26N2O2. The number of likely N-dealkylation sites (tertiary alicyclic amines) is 1. The van der Waals surface area contributed by atoms with Crippen LogP contribution in [0.25, 0.3) is 0 Å². The normalized spacial score (nSPS) is 18.5. The summed E-state index contributed by atoms with van der Waals surface area (Å²) in [6.07, 6.45) is 3.60. The van der Waals surface area contributed by atoms with Gasteiger partial charge in [-0.15, -0.1) is 0 Å². The van der Waals surface area contributed by atoms with Crippen LogP contribution in [0.5, 0.6) is 0 Å². The molecule has 0 aromatic rings. The van der Waals surface area contributed by atoms with Crippen LogP contribution in [0.15, 0.2) is 0 Å². The first kappa shape index (κ1) is 14.5. The van der Waals surface area contributed by atoms with Gasteiger partial charge in [0.15, 0.2) is 0 Å². The van der Waals surface area contributed by atoms with E-state index in [1.807, 2.05) is 11.8 Å². The SMILES string of the molecule is CCC(N)(CC)COC(C)C(=O)N1CCCC1. The maximum Gasteiger partial charge on any atom is 0.251 e. The van der Waals surface area contributed by atoms with Crippen molar-refractivity contribution in [3.8, 4) is 0 Å². The van der Waals surface area contributed by atoms with E-state index in [0.29, 0.717) is 6.61 Å².